The summed E-state index contributed by atoms with van der Waals surface area (Å²) in [6.07, 6.45) is -0.299. The molecule has 2 aromatic rings. The molecule has 2 nitrogen and oxygen atoms in total. The fourth-order valence-electron chi connectivity index (χ4n) is 1.68. The van der Waals surface area contributed by atoms with Crippen LogP contribution in [0.15, 0.2) is 34.8 Å². The lowest BCUT2D eigenvalue weighted by molar-refractivity contribution is -0.115. The van der Waals surface area contributed by atoms with Crippen LogP contribution in [0, 0.1) is 17.5 Å². The van der Waals surface area contributed by atoms with Crippen LogP contribution in [0.1, 0.15) is 5.56 Å². The zero-order valence-corrected chi connectivity index (χ0v) is 12.7. The van der Waals surface area contributed by atoms with Crippen molar-refractivity contribution in [1.29, 1.82) is 0 Å². The van der Waals surface area contributed by atoms with E-state index in [1.807, 2.05) is 0 Å². The second kappa shape index (κ2) is 6.49. The third-order valence-electron chi connectivity index (χ3n) is 2.64. The molecule has 0 aliphatic rings. The number of carbonyl (C=O) groups is 1. The van der Waals surface area contributed by atoms with Crippen LogP contribution in [0.25, 0.3) is 0 Å². The molecule has 2 rings (SSSR count). The normalized spacial score (nSPS) is 10.5. The van der Waals surface area contributed by atoms with E-state index in [0.717, 1.165) is 18.2 Å². The molecule has 2 aromatic carbocycles. The molecule has 0 aliphatic heterocycles. The number of anilines is 1. The van der Waals surface area contributed by atoms with Crippen LogP contribution in [0.2, 0.25) is 5.02 Å². The monoisotopic (exact) mass is 377 g/mol. The van der Waals surface area contributed by atoms with E-state index in [1.54, 1.807) is 0 Å². The van der Waals surface area contributed by atoms with Gasteiger partial charge in [-0.1, -0.05) is 17.7 Å². The van der Waals surface area contributed by atoms with Crippen molar-refractivity contribution in [2.45, 2.75) is 6.42 Å². The van der Waals surface area contributed by atoms with E-state index in [9.17, 15) is 18.0 Å². The van der Waals surface area contributed by atoms with Crippen molar-refractivity contribution in [1.82, 2.24) is 0 Å². The summed E-state index contributed by atoms with van der Waals surface area (Å²) >= 11 is 8.90. The Morgan fingerprint density at radius 3 is 2.48 bits per heavy atom. The summed E-state index contributed by atoms with van der Waals surface area (Å²) in [7, 11) is 0. The van der Waals surface area contributed by atoms with Gasteiger partial charge in [-0.3, -0.25) is 4.79 Å². The van der Waals surface area contributed by atoms with Gasteiger partial charge >= 0.3 is 0 Å². The lowest BCUT2D eigenvalue weighted by Gasteiger charge is -2.10. The molecule has 0 atom stereocenters. The topological polar surface area (TPSA) is 29.1 Å². The van der Waals surface area contributed by atoms with Crippen LogP contribution in [-0.4, -0.2) is 5.91 Å². The van der Waals surface area contributed by atoms with Crippen LogP contribution < -0.4 is 5.32 Å². The predicted octanol–water partition coefficient (Wildman–Crippen LogP) is 4.70. The van der Waals surface area contributed by atoms with E-state index < -0.39 is 23.4 Å². The quantitative estimate of drug-likeness (QED) is 0.824. The van der Waals surface area contributed by atoms with E-state index in [1.165, 1.54) is 6.07 Å². The first kappa shape index (κ1) is 15.9. The number of hydrogen-bond donors (Lipinski definition) is 1. The maximum absolute atomic E-state index is 13.5. The van der Waals surface area contributed by atoms with Gasteiger partial charge in [0.1, 0.15) is 17.5 Å². The lowest BCUT2D eigenvalue weighted by Crippen LogP contribution is -2.16. The fourth-order valence-corrected chi connectivity index (χ4v) is 2.58. The summed E-state index contributed by atoms with van der Waals surface area (Å²) in [6.45, 7) is 0. The van der Waals surface area contributed by atoms with Gasteiger partial charge in [0, 0.05) is 10.5 Å². The average Bonchev–Trinajstić information content (AvgIpc) is 2.37. The van der Waals surface area contributed by atoms with E-state index in [2.05, 4.69) is 21.2 Å². The van der Waals surface area contributed by atoms with Crippen molar-refractivity contribution < 1.29 is 18.0 Å². The molecule has 1 N–H and O–H groups in total. The first-order valence-corrected chi connectivity index (χ1v) is 6.92. The van der Waals surface area contributed by atoms with Gasteiger partial charge in [0.05, 0.1) is 17.1 Å². The smallest absolute Gasteiger partial charge is 0.228 e. The van der Waals surface area contributed by atoms with Crippen LogP contribution >= 0.6 is 27.5 Å². The Morgan fingerprint density at radius 1 is 1.14 bits per heavy atom. The molecule has 0 heterocycles. The molecular weight excluding hydrogens is 371 g/mol. The van der Waals surface area contributed by atoms with E-state index in [4.69, 9.17) is 11.6 Å². The number of benzene rings is 2. The first-order valence-electron chi connectivity index (χ1n) is 5.75. The number of nitrogens with one attached hydrogen (secondary N) is 1. The minimum atomic E-state index is -0.811. The highest BCUT2D eigenvalue weighted by atomic mass is 79.9. The van der Waals surface area contributed by atoms with E-state index >= 15 is 0 Å². The van der Waals surface area contributed by atoms with Crippen LogP contribution in [0.4, 0.5) is 18.9 Å². The molecule has 0 aromatic heterocycles. The van der Waals surface area contributed by atoms with Gasteiger partial charge in [0.15, 0.2) is 0 Å². The predicted molar refractivity (Wildman–Crippen MR) is 77.8 cm³/mol. The van der Waals surface area contributed by atoms with Crippen molar-refractivity contribution in [2.75, 3.05) is 5.32 Å². The second-order valence-electron chi connectivity index (χ2n) is 4.21. The molecule has 0 fully saturated rings. The summed E-state index contributed by atoms with van der Waals surface area (Å²) in [5, 5.41) is 2.46. The molecule has 0 radical (unpaired) electrons. The highest BCUT2D eigenvalue weighted by Gasteiger charge is 2.14. The van der Waals surface area contributed by atoms with Gasteiger partial charge in [0.25, 0.3) is 0 Å². The molecule has 110 valence electrons. The molecule has 1 amide bonds. The van der Waals surface area contributed by atoms with Crippen molar-refractivity contribution in [3.8, 4) is 0 Å². The van der Waals surface area contributed by atoms with Crippen molar-refractivity contribution >= 4 is 39.1 Å². The molecule has 0 bridgehead atoms. The summed E-state index contributed by atoms with van der Waals surface area (Å²) in [6, 6.07) is 5.13. The Bertz CT molecular complexity index is 686. The molecule has 7 heteroatoms. The third-order valence-corrected chi connectivity index (χ3v) is 3.56. The van der Waals surface area contributed by atoms with E-state index in [-0.39, 0.29) is 27.2 Å². The van der Waals surface area contributed by atoms with Crippen molar-refractivity contribution in [3.63, 3.8) is 0 Å². The number of carbonyl (C=O) groups excluding carboxylic acids is 1. The standard InChI is InChI=1S/C14H8BrClF3NO/c15-10-4-9(18)5-11(16)14(10)20-13(21)3-7-1-2-8(17)6-12(7)19/h1-2,4-6H,3H2,(H,20,21). The van der Waals surface area contributed by atoms with Crippen molar-refractivity contribution in [2.24, 2.45) is 0 Å². The molecule has 0 saturated heterocycles. The molecule has 0 aliphatic carbocycles. The highest BCUT2D eigenvalue weighted by molar-refractivity contribution is 9.10. The van der Waals surface area contributed by atoms with Crippen molar-refractivity contribution in [3.05, 3.63) is 62.8 Å². The Balaban J connectivity index is 2.16. The Kier molecular flexibility index (Phi) is 4.90. The van der Waals surface area contributed by atoms with Gasteiger partial charge in [0.2, 0.25) is 5.91 Å². The zero-order chi connectivity index (χ0) is 15.6. The van der Waals surface area contributed by atoms with Crippen LogP contribution in [0.5, 0.6) is 0 Å². The number of hydrogen-bond acceptors (Lipinski definition) is 1. The summed E-state index contributed by atoms with van der Waals surface area (Å²) < 4.78 is 39.6. The molecule has 21 heavy (non-hydrogen) atoms. The Morgan fingerprint density at radius 2 is 1.86 bits per heavy atom. The van der Waals surface area contributed by atoms with Gasteiger partial charge in [-0.05, 0) is 39.7 Å². The number of amides is 1. The molecule has 0 spiro atoms. The third kappa shape index (κ3) is 3.98. The Labute approximate surface area is 132 Å². The Hall–Kier alpha value is -1.53. The second-order valence-corrected chi connectivity index (χ2v) is 5.47. The SMILES string of the molecule is O=C(Cc1ccc(F)cc1F)Nc1c(Cl)cc(F)cc1Br. The molecular formula is C14H8BrClF3NO. The van der Waals surface area contributed by atoms with E-state index in [0.29, 0.717) is 6.07 Å². The van der Waals surface area contributed by atoms with Gasteiger partial charge in [-0.15, -0.1) is 0 Å². The molecule has 0 unspecified atom stereocenters. The average molecular weight is 379 g/mol. The lowest BCUT2D eigenvalue weighted by atomic mass is 10.1. The maximum Gasteiger partial charge on any atom is 0.228 e. The van der Waals surface area contributed by atoms with Gasteiger partial charge in [-0.25, -0.2) is 13.2 Å². The fraction of sp³-hybridized carbons (Fsp3) is 0.0714. The highest BCUT2D eigenvalue weighted by Crippen LogP contribution is 2.31. The summed E-state index contributed by atoms with van der Waals surface area (Å²) in [5.41, 5.74) is 0.230. The minimum Gasteiger partial charge on any atom is -0.324 e. The largest absolute Gasteiger partial charge is 0.324 e. The minimum absolute atomic E-state index is 0.00908. The van der Waals surface area contributed by atoms with Crippen LogP contribution in [-0.2, 0) is 11.2 Å². The van der Waals surface area contributed by atoms with Gasteiger partial charge < -0.3 is 5.32 Å². The zero-order valence-electron chi connectivity index (χ0n) is 10.4. The first-order chi connectivity index (χ1) is 9.86. The number of rotatable bonds is 3. The summed E-state index contributed by atoms with van der Waals surface area (Å²) in [4.78, 5) is 11.9. The van der Waals surface area contributed by atoms with Crippen LogP contribution in [0.3, 0.4) is 0 Å². The summed E-state index contributed by atoms with van der Waals surface area (Å²) in [5.74, 6) is -2.65. The number of halogens is 5. The van der Waals surface area contributed by atoms with Gasteiger partial charge in [-0.2, -0.15) is 0 Å². The molecule has 0 saturated carbocycles. The maximum atomic E-state index is 13.5.